The Morgan fingerprint density at radius 3 is 0.614 bits per heavy atom. The maximum absolute atomic E-state index is 12.8. The molecule has 0 bridgehead atoms. The summed E-state index contributed by atoms with van der Waals surface area (Å²) >= 11 is 0. The predicted octanol–water partition coefficient (Wildman–Crippen LogP) is 22.9. The van der Waals surface area contributed by atoms with Crippen LogP contribution in [0.2, 0.25) is 0 Å². The van der Waals surface area contributed by atoms with Crippen molar-refractivity contribution in [2.75, 3.05) is 0 Å². The van der Waals surface area contributed by atoms with E-state index < -0.39 is 20.2 Å². The average molecular weight is 1210 g/mol. The van der Waals surface area contributed by atoms with E-state index in [1.807, 2.05) is 36.4 Å². The summed E-state index contributed by atoms with van der Waals surface area (Å²) in [4.78, 5) is 0.167. The van der Waals surface area contributed by atoms with Crippen LogP contribution in [0.3, 0.4) is 0 Å². The van der Waals surface area contributed by atoms with Crippen molar-refractivity contribution in [1.29, 1.82) is 0 Å². The van der Waals surface area contributed by atoms with Gasteiger partial charge >= 0.3 is 37.7 Å². The number of hydrogen-bond donors (Lipinski definition) is 0. The normalized spacial score (nSPS) is 11.9. The first-order valence-electron chi connectivity index (χ1n) is 34.9. The molecule has 4 aromatic rings. The number of hydrogen-bond acceptors (Lipinski definition) is 6. The van der Waals surface area contributed by atoms with Crippen LogP contribution in [-0.2, 0) is 58.8 Å². The van der Waals surface area contributed by atoms with Crippen molar-refractivity contribution in [2.45, 2.75) is 360 Å². The minimum Gasteiger partial charge on any atom is -0.744 e. The molecule has 0 heterocycles. The van der Waals surface area contributed by atoms with Crippen molar-refractivity contribution in [3.05, 3.63) is 81.9 Å². The Balaban J connectivity index is 0.000000560. The summed E-state index contributed by atoms with van der Waals surface area (Å²) in [6, 6.07) is 15.7. The van der Waals surface area contributed by atoms with Gasteiger partial charge in [-0.1, -0.05) is 321 Å². The summed E-state index contributed by atoms with van der Waals surface area (Å²) in [5, 5.41) is 3.30. The molecule has 0 aliphatic carbocycles. The van der Waals surface area contributed by atoms with Crippen LogP contribution in [0.25, 0.3) is 21.5 Å². The minimum atomic E-state index is -4.59. The van der Waals surface area contributed by atoms with Crippen LogP contribution in [0.4, 0.5) is 0 Å². The Kier molecular flexibility index (Phi) is 45.2. The van der Waals surface area contributed by atoms with E-state index in [9.17, 15) is 25.9 Å². The molecule has 4 aromatic carbocycles. The first kappa shape index (κ1) is 77.6. The Morgan fingerprint density at radius 2 is 0.410 bits per heavy atom. The van der Waals surface area contributed by atoms with Gasteiger partial charge in [-0.3, -0.25) is 0 Å². The third-order valence-electron chi connectivity index (χ3n) is 17.7. The molecule has 0 fully saturated rings. The van der Waals surface area contributed by atoms with Gasteiger partial charge in [-0.2, -0.15) is 0 Å². The van der Waals surface area contributed by atoms with E-state index in [2.05, 4.69) is 53.7 Å². The van der Waals surface area contributed by atoms with Crippen LogP contribution in [0.5, 0.6) is 0 Å². The van der Waals surface area contributed by atoms with Gasteiger partial charge in [0.15, 0.2) is 0 Å². The minimum absolute atomic E-state index is 0. The summed E-state index contributed by atoms with van der Waals surface area (Å²) in [6.45, 7) is 13.5. The Labute approximate surface area is 542 Å². The smallest absolute Gasteiger partial charge is 0.744 e. The second-order valence-electron chi connectivity index (χ2n) is 24.8. The van der Waals surface area contributed by atoms with Gasteiger partial charge in [0.2, 0.25) is 0 Å². The van der Waals surface area contributed by atoms with E-state index in [1.165, 1.54) is 241 Å². The van der Waals surface area contributed by atoms with E-state index in [1.54, 1.807) is 0 Å². The van der Waals surface area contributed by atoms with E-state index in [0.717, 1.165) is 98.9 Å². The molecule has 0 aromatic heterocycles. The fraction of sp³-hybridized carbons (Fsp3) is 0.730. The predicted molar refractivity (Wildman–Crippen MR) is 360 cm³/mol. The number of benzene rings is 4. The van der Waals surface area contributed by atoms with Crippen LogP contribution in [0, 0.1) is 0 Å². The molecule has 0 saturated heterocycles. The van der Waals surface area contributed by atoms with Gasteiger partial charge in [-0.15, -0.1) is 0 Å². The quantitative estimate of drug-likeness (QED) is 0.0247. The van der Waals surface area contributed by atoms with Gasteiger partial charge in [0.25, 0.3) is 0 Å². The largest absolute Gasteiger partial charge is 2.00 e. The molecule has 0 saturated carbocycles. The molecule has 4 rings (SSSR count). The molecule has 0 aliphatic heterocycles. The molecule has 0 unspecified atom stereocenters. The molecular weight excluding hydrogens is 1090 g/mol. The molecule has 0 atom stereocenters. The Hall–Kier alpha value is -1.52. The third-order valence-corrected chi connectivity index (χ3v) is 19.6. The van der Waals surface area contributed by atoms with Gasteiger partial charge in [0.05, 0.1) is 9.79 Å². The van der Waals surface area contributed by atoms with E-state index in [-0.39, 0.29) is 47.5 Å². The molecule has 468 valence electrons. The summed E-state index contributed by atoms with van der Waals surface area (Å²) in [5.41, 5.74) is 6.76. The summed E-state index contributed by atoms with van der Waals surface area (Å²) in [7, 11) is -9.18. The van der Waals surface area contributed by atoms with Crippen molar-refractivity contribution in [2.24, 2.45) is 0 Å². The standard InChI is InChI=1S/2C37H62O3S.Ca/c2*1-4-7-10-13-16-19-22-27-32-33(28-23-20-17-14-11-8-5-2)35(30-24-21-18-15-12-9-6-3)37(41(38,39)40)36-31-26-25-29-34(32)36;/h2*25-26,29,31H,4-24,27-28,30H2,1-3H3,(H,38,39,40);/q;;+2/p-2. The molecular formula is C74H122CaO6S2. The van der Waals surface area contributed by atoms with Crippen LogP contribution in [0.15, 0.2) is 58.3 Å². The number of fused-ring (bicyclic) bond motifs is 2. The van der Waals surface area contributed by atoms with Crippen LogP contribution in [-0.4, -0.2) is 63.7 Å². The van der Waals surface area contributed by atoms with Crippen LogP contribution >= 0.6 is 0 Å². The van der Waals surface area contributed by atoms with Crippen molar-refractivity contribution in [1.82, 2.24) is 0 Å². The van der Waals surface area contributed by atoms with Gasteiger partial charge in [0.1, 0.15) is 20.2 Å². The Bertz CT molecular complexity index is 2330. The topological polar surface area (TPSA) is 114 Å². The van der Waals surface area contributed by atoms with Crippen LogP contribution < -0.4 is 0 Å². The fourth-order valence-corrected chi connectivity index (χ4v) is 15.0. The number of unbranched alkanes of at least 4 members (excludes halogenated alkanes) is 36. The summed E-state index contributed by atoms with van der Waals surface area (Å²) in [5.74, 6) is 0. The molecule has 6 nitrogen and oxygen atoms in total. The SMILES string of the molecule is CCCCCCCCCc1c(CCCCCCCCC)c(S(=O)(=O)[O-])c2ccccc2c1CCCCCCCCC.CCCCCCCCCc1c(CCCCCCCCC)c(S(=O)(=O)[O-])c2ccccc2c1CCCCCCCCC.[Ca+2]. The fourth-order valence-electron chi connectivity index (χ4n) is 13.0. The van der Waals surface area contributed by atoms with Gasteiger partial charge < -0.3 is 9.11 Å². The first-order chi connectivity index (χ1) is 39.9. The van der Waals surface area contributed by atoms with Gasteiger partial charge in [-0.25, -0.2) is 16.8 Å². The monoisotopic (exact) mass is 1210 g/mol. The summed E-state index contributed by atoms with van der Waals surface area (Å²) < 4.78 is 77.1. The van der Waals surface area contributed by atoms with Crippen molar-refractivity contribution in [3.8, 4) is 0 Å². The van der Waals surface area contributed by atoms with Gasteiger partial charge in [0, 0.05) is 0 Å². The zero-order valence-electron chi connectivity index (χ0n) is 54.5. The van der Waals surface area contributed by atoms with Crippen molar-refractivity contribution in [3.63, 3.8) is 0 Å². The maximum Gasteiger partial charge on any atom is 2.00 e. The molecule has 9 heteroatoms. The molecule has 0 N–H and O–H groups in total. The zero-order chi connectivity index (χ0) is 59.5. The van der Waals surface area contributed by atoms with Crippen LogP contribution in [0.1, 0.15) is 345 Å². The molecule has 83 heavy (non-hydrogen) atoms. The molecule has 0 amide bonds. The second-order valence-corrected chi connectivity index (χ2v) is 27.4. The summed E-state index contributed by atoms with van der Waals surface area (Å²) in [6.07, 6.45) is 56.6. The maximum atomic E-state index is 12.8. The zero-order valence-corrected chi connectivity index (χ0v) is 58.4. The molecule has 0 aliphatic rings. The molecule has 0 radical (unpaired) electrons. The molecule has 0 spiro atoms. The second kappa shape index (κ2) is 48.4. The van der Waals surface area contributed by atoms with Gasteiger partial charge in [-0.05, 0) is 132 Å². The van der Waals surface area contributed by atoms with Crippen molar-refractivity contribution >= 4 is 79.5 Å². The first-order valence-corrected chi connectivity index (χ1v) is 37.7. The van der Waals surface area contributed by atoms with E-state index in [0.29, 0.717) is 23.6 Å². The average Bonchev–Trinajstić information content (AvgIpc) is 3.52. The number of rotatable bonds is 50. The van der Waals surface area contributed by atoms with E-state index >= 15 is 0 Å². The van der Waals surface area contributed by atoms with Crippen molar-refractivity contribution < 1.29 is 25.9 Å². The van der Waals surface area contributed by atoms with E-state index in [4.69, 9.17) is 0 Å². The Morgan fingerprint density at radius 1 is 0.241 bits per heavy atom. The number of aryl methyl sites for hydroxylation is 2. The third kappa shape index (κ3) is 31.0.